The summed E-state index contributed by atoms with van der Waals surface area (Å²) in [5.41, 5.74) is 1.06. The van der Waals surface area contributed by atoms with Gasteiger partial charge in [-0.05, 0) is 24.8 Å². The number of aromatic nitrogens is 3. The number of nitrogens with one attached hydrogen (secondary N) is 1. The number of benzene rings is 1. The molecule has 2 aromatic rings. The number of hydrogen-bond acceptors (Lipinski definition) is 3. The molecule has 1 aromatic heterocycles. The number of amides is 1. The summed E-state index contributed by atoms with van der Waals surface area (Å²) in [7, 11) is 0. The maximum Gasteiger partial charge on any atom is 0.222 e. The van der Waals surface area contributed by atoms with Crippen LogP contribution >= 0.6 is 0 Å². The monoisotopic (exact) mass is 270 g/mol. The molecule has 104 valence electrons. The van der Waals surface area contributed by atoms with E-state index < -0.39 is 0 Å². The third kappa shape index (κ3) is 2.57. The van der Waals surface area contributed by atoms with Crippen molar-refractivity contribution in [1.82, 2.24) is 20.1 Å². The van der Waals surface area contributed by atoms with E-state index in [0.717, 1.165) is 19.3 Å². The fourth-order valence-electron chi connectivity index (χ4n) is 2.67. The van der Waals surface area contributed by atoms with Gasteiger partial charge in [0.25, 0.3) is 0 Å². The predicted octanol–water partition coefficient (Wildman–Crippen LogP) is 1.86. The lowest BCUT2D eigenvalue weighted by atomic mass is 9.71. The first kappa shape index (κ1) is 12.8. The van der Waals surface area contributed by atoms with Crippen LogP contribution in [0.3, 0.4) is 0 Å². The highest BCUT2D eigenvalue weighted by molar-refractivity contribution is 5.77. The number of hydrogen-bond donors (Lipinski definition) is 1. The van der Waals surface area contributed by atoms with Gasteiger partial charge in [0.1, 0.15) is 12.7 Å². The van der Waals surface area contributed by atoms with Crippen LogP contribution in [0.4, 0.5) is 0 Å². The Morgan fingerprint density at radius 2 is 2.10 bits per heavy atom. The van der Waals surface area contributed by atoms with E-state index in [1.165, 1.54) is 11.9 Å². The molecule has 1 aliphatic carbocycles. The van der Waals surface area contributed by atoms with Gasteiger partial charge < -0.3 is 5.32 Å². The molecular formula is C15H18N4O. The molecule has 0 unspecified atom stereocenters. The van der Waals surface area contributed by atoms with Crippen LogP contribution in [0.15, 0.2) is 43.0 Å². The zero-order valence-corrected chi connectivity index (χ0v) is 11.3. The average Bonchev–Trinajstić information content (AvgIpc) is 2.95. The van der Waals surface area contributed by atoms with Crippen LogP contribution in [0.25, 0.3) is 0 Å². The number of aryl methyl sites for hydroxylation is 1. The molecule has 0 bridgehead atoms. The van der Waals surface area contributed by atoms with E-state index in [2.05, 4.69) is 27.5 Å². The average molecular weight is 270 g/mol. The molecule has 0 aliphatic heterocycles. The zero-order chi connectivity index (χ0) is 13.8. The van der Waals surface area contributed by atoms with Gasteiger partial charge in [-0.15, -0.1) is 0 Å². The Bertz CT molecular complexity index is 561. The maximum atomic E-state index is 12.1. The summed E-state index contributed by atoms with van der Waals surface area (Å²) >= 11 is 0. The van der Waals surface area contributed by atoms with E-state index in [9.17, 15) is 4.79 Å². The molecule has 1 aliphatic rings. The molecular weight excluding hydrogens is 252 g/mol. The highest BCUT2D eigenvalue weighted by atomic mass is 16.1. The minimum absolute atomic E-state index is 0.0732. The molecule has 3 rings (SSSR count). The summed E-state index contributed by atoms with van der Waals surface area (Å²) in [5.74, 6) is 0.0732. The van der Waals surface area contributed by atoms with Crippen LogP contribution < -0.4 is 5.32 Å². The molecule has 1 N–H and O–H groups in total. The third-order valence-corrected chi connectivity index (χ3v) is 3.95. The number of carbonyl (C=O) groups excluding carboxylic acids is 1. The van der Waals surface area contributed by atoms with Crippen LogP contribution in [-0.4, -0.2) is 20.7 Å². The second-order valence-corrected chi connectivity index (χ2v) is 5.26. The predicted molar refractivity (Wildman–Crippen MR) is 74.8 cm³/mol. The van der Waals surface area contributed by atoms with Crippen LogP contribution in [-0.2, 0) is 16.9 Å². The smallest absolute Gasteiger partial charge is 0.222 e. The van der Waals surface area contributed by atoms with Crippen molar-refractivity contribution in [2.75, 3.05) is 0 Å². The molecule has 20 heavy (non-hydrogen) atoms. The zero-order valence-electron chi connectivity index (χ0n) is 11.3. The summed E-state index contributed by atoms with van der Waals surface area (Å²) in [5, 5.41) is 7.21. The first-order valence-electron chi connectivity index (χ1n) is 6.97. The van der Waals surface area contributed by atoms with Crippen molar-refractivity contribution in [1.29, 1.82) is 0 Å². The van der Waals surface area contributed by atoms with Crippen molar-refractivity contribution in [3.8, 4) is 0 Å². The van der Waals surface area contributed by atoms with Crippen molar-refractivity contribution in [2.24, 2.45) is 0 Å². The molecule has 1 fully saturated rings. The molecule has 1 saturated carbocycles. The maximum absolute atomic E-state index is 12.1. The van der Waals surface area contributed by atoms with Gasteiger partial charge in [-0.2, -0.15) is 5.10 Å². The lowest BCUT2D eigenvalue weighted by molar-refractivity contribution is -0.124. The van der Waals surface area contributed by atoms with E-state index in [4.69, 9.17) is 0 Å². The van der Waals surface area contributed by atoms with Gasteiger partial charge in [0, 0.05) is 6.42 Å². The number of rotatable bonds is 5. The first-order valence-corrected chi connectivity index (χ1v) is 6.97. The van der Waals surface area contributed by atoms with Crippen molar-refractivity contribution in [2.45, 2.75) is 37.8 Å². The Morgan fingerprint density at radius 1 is 1.30 bits per heavy atom. The third-order valence-electron chi connectivity index (χ3n) is 3.95. The first-order chi connectivity index (χ1) is 9.78. The summed E-state index contributed by atoms with van der Waals surface area (Å²) in [6.45, 7) is 0.566. The van der Waals surface area contributed by atoms with Crippen molar-refractivity contribution < 1.29 is 4.79 Å². The van der Waals surface area contributed by atoms with Gasteiger partial charge in [0.15, 0.2) is 0 Å². The molecule has 0 saturated heterocycles. The van der Waals surface area contributed by atoms with Gasteiger partial charge in [-0.25, -0.2) is 4.98 Å². The van der Waals surface area contributed by atoms with E-state index in [0.29, 0.717) is 13.0 Å². The minimum Gasteiger partial charge on any atom is -0.347 e. The molecule has 1 aromatic carbocycles. The standard InChI is InChI=1S/C15H18N4O/c20-14(7-10-19-12-16-11-17-19)18-15(8-4-9-15)13-5-2-1-3-6-13/h1-3,5-6,11-12H,4,7-10H2,(H,18,20). The second kappa shape index (κ2) is 5.45. The Morgan fingerprint density at radius 3 is 2.70 bits per heavy atom. The topological polar surface area (TPSA) is 59.8 Å². The molecule has 0 atom stereocenters. The fraction of sp³-hybridized carbons (Fsp3) is 0.400. The Kier molecular flexibility index (Phi) is 3.50. The van der Waals surface area contributed by atoms with Gasteiger partial charge in [0.2, 0.25) is 5.91 Å². The lowest BCUT2D eigenvalue weighted by Crippen LogP contribution is -2.50. The van der Waals surface area contributed by atoms with Gasteiger partial charge in [-0.3, -0.25) is 9.48 Å². The molecule has 5 heteroatoms. The largest absolute Gasteiger partial charge is 0.347 e. The fourth-order valence-corrected chi connectivity index (χ4v) is 2.67. The van der Waals surface area contributed by atoms with Gasteiger partial charge in [0.05, 0.1) is 12.1 Å². The second-order valence-electron chi connectivity index (χ2n) is 5.26. The van der Waals surface area contributed by atoms with E-state index in [-0.39, 0.29) is 11.4 Å². The SMILES string of the molecule is O=C(CCn1cncn1)NC1(c2ccccc2)CCC1. The minimum atomic E-state index is -0.152. The Labute approximate surface area is 118 Å². The highest BCUT2D eigenvalue weighted by Gasteiger charge is 2.39. The van der Waals surface area contributed by atoms with Crippen LogP contribution in [0, 0.1) is 0 Å². The summed E-state index contributed by atoms with van der Waals surface area (Å²) in [6.07, 6.45) is 6.74. The molecule has 5 nitrogen and oxygen atoms in total. The van der Waals surface area contributed by atoms with E-state index in [1.807, 2.05) is 18.2 Å². The molecule has 1 amide bonds. The Balaban J connectivity index is 1.62. The lowest BCUT2D eigenvalue weighted by Gasteiger charge is -2.43. The van der Waals surface area contributed by atoms with Crippen LogP contribution in [0.1, 0.15) is 31.2 Å². The van der Waals surface area contributed by atoms with Crippen LogP contribution in [0.5, 0.6) is 0 Å². The van der Waals surface area contributed by atoms with E-state index in [1.54, 1.807) is 11.0 Å². The number of nitrogens with zero attached hydrogens (tertiary/aromatic N) is 3. The number of carbonyl (C=O) groups is 1. The summed E-state index contributed by atoms with van der Waals surface area (Å²) < 4.78 is 1.68. The normalized spacial score (nSPS) is 16.4. The quantitative estimate of drug-likeness (QED) is 0.902. The van der Waals surface area contributed by atoms with Gasteiger partial charge >= 0.3 is 0 Å². The van der Waals surface area contributed by atoms with Crippen LogP contribution in [0.2, 0.25) is 0 Å². The summed E-state index contributed by atoms with van der Waals surface area (Å²) in [6, 6.07) is 10.2. The van der Waals surface area contributed by atoms with Crippen molar-refractivity contribution in [3.05, 3.63) is 48.5 Å². The summed E-state index contributed by atoms with van der Waals surface area (Å²) in [4.78, 5) is 16.0. The molecule has 1 heterocycles. The van der Waals surface area contributed by atoms with E-state index >= 15 is 0 Å². The highest BCUT2D eigenvalue weighted by Crippen LogP contribution is 2.41. The Hall–Kier alpha value is -2.17. The molecule has 0 radical (unpaired) electrons. The molecule has 0 spiro atoms. The van der Waals surface area contributed by atoms with Crippen molar-refractivity contribution in [3.63, 3.8) is 0 Å². The van der Waals surface area contributed by atoms with Gasteiger partial charge in [-0.1, -0.05) is 30.3 Å². The van der Waals surface area contributed by atoms with Crippen molar-refractivity contribution >= 4 is 5.91 Å².